The Balaban J connectivity index is 2.03. The number of benzene rings is 1. The Morgan fingerprint density at radius 1 is 1.19 bits per heavy atom. The van der Waals surface area contributed by atoms with E-state index in [-0.39, 0.29) is 24.1 Å². The SMILES string of the molecule is CC(C)c1c(C(=O)NCCCCCC(=O)O)cnn1-c1ccc(F)cc1. The summed E-state index contributed by atoms with van der Waals surface area (Å²) < 4.78 is 14.8. The van der Waals surface area contributed by atoms with Crippen LogP contribution in [0.25, 0.3) is 5.69 Å². The van der Waals surface area contributed by atoms with E-state index in [1.54, 1.807) is 16.8 Å². The van der Waals surface area contributed by atoms with Crippen LogP contribution in [0.15, 0.2) is 30.5 Å². The Bertz CT molecular complexity index is 754. The number of aliphatic carboxylic acids is 1. The molecule has 0 saturated carbocycles. The summed E-state index contributed by atoms with van der Waals surface area (Å²) >= 11 is 0. The molecule has 1 heterocycles. The van der Waals surface area contributed by atoms with Crippen LogP contribution >= 0.6 is 0 Å². The first-order valence-electron chi connectivity index (χ1n) is 8.74. The average Bonchev–Trinajstić information content (AvgIpc) is 3.03. The molecule has 0 atom stereocenters. The summed E-state index contributed by atoms with van der Waals surface area (Å²) in [5.41, 5.74) is 1.96. The molecule has 7 heteroatoms. The fourth-order valence-corrected chi connectivity index (χ4v) is 2.75. The zero-order valence-corrected chi connectivity index (χ0v) is 15.0. The second-order valence-corrected chi connectivity index (χ2v) is 6.45. The van der Waals surface area contributed by atoms with Crippen molar-refractivity contribution in [2.75, 3.05) is 6.54 Å². The predicted molar refractivity (Wildman–Crippen MR) is 96.0 cm³/mol. The predicted octanol–water partition coefficient (Wildman–Crippen LogP) is 3.51. The minimum Gasteiger partial charge on any atom is -0.481 e. The summed E-state index contributed by atoms with van der Waals surface area (Å²) in [5.74, 6) is -1.28. The third-order valence-electron chi connectivity index (χ3n) is 4.02. The Kier molecular flexibility index (Phi) is 6.89. The molecule has 0 radical (unpaired) electrons. The van der Waals surface area contributed by atoms with Crippen LogP contribution in [0.3, 0.4) is 0 Å². The molecule has 0 bridgehead atoms. The smallest absolute Gasteiger partial charge is 0.303 e. The largest absolute Gasteiger partial charge is 0.481 e. The molecule has 0 aliphatic carbocycles. The zero-order valence-electron chi connectivity index (χ0n) is 15.0. The Morgan fingerprint density at radius 3 is 2.50 bits per heavy atom. The third-order valence-corrected chi connectivity index (χ3v) is 4.02. The highest BCUT2D eigenvalue weighted by Gasteiger charge is 2.20. The van der Waals surface area contributed by atoms with Crippen LogP contribution in [0.5, 0.6) is 0 Å². The first-order valence-corrected chi connectivity index (χ1v) is 8.74. The lowest BCUT2D eigenvalue weighted by Gasteiger charge is -2.13. The lowest BCUT2D eigenvalue weighted by Crippen LogP contribution is -2.25. The second kappa shape index (κ2) is 9.12. The van der Waals surface area contributed by atoms with E-state index in [0.29, 0.717) is 24.2 Å². The quantitative estimate of drug-likeness (QED) is 0.670. The Morgan fingerprint density at radius 2 is 1.88 bits per heavy atom. The van der Waals surface area contributed by atoms with Gasteiger partial charge < -0.3 is 10.4 Å². The molecule has 1 amide bonds. The van der Waals surface area contributed by atoms with Crippen LogP contribution in [0, 0.1) is 5.82 Å². The monoisotopic (exact) mass is 361 g/mol. The van der Waals surface area contributed by atoms with Gasteiger partial charge in [0.2, 0.25) is 0 Å². The molecule has 1 aromatic heterocycles. The number of carboxylic acids is 1. The lowest BCUT2D eigenvalue weighted by molar-refractivity contribution is -0.137. The van der Waals surface area contributed by atoms with Gasteiger partial charge in [-0.1, -0.05) is 20.3 Å². The summed E-state index contributed by atoms with van der Waals surface area (Å²) in [6.07, 6.45) is 3.75. The van der Waals surface area contributed by atoms with Gasteiger partial charge in [-0.05, 0) is 43.0 Å². The molecule has 1 aromatic carbocycles. The van der Waals surface area contributed by atoms with Gasteiger partial charge in [0, 0.05) is 13.0 Å². The van der Waals surface area contributed by atoms with Crippen LogP contribution in [-0.2, 0) is 4.79 Å². The van der Waals surface area contributed by atoms with Gasteiger partial charge in [-0.3, -0.25) is 9.59 Å². The highest BCUT2D eigenvalue weighted by atomic mass is 19.1. The van der Waals surface area contributed by atoms with E-state index in [1.165, 1.54) is 18.3 Å². The van der Waals surface area contributed by atoms with Crippen molar-refractivity contribution in [1.29, 1.82) is 0 Å². The number of aromatic nitrogens is 2. The van der Waals surface area contributed by atoms with E-state index in [0.717, 1.165) is 18.5 Å². The van der Waals surface area contributed by atoms with Crippen molar-refractivity contribution in [2.24, 2.45) is 0 Å². The minimum absolute atomic E-state index is 0.0545. The van der Waals surface area contributed by atoms with Crippen LogP contribution < -0.4 is 5.32 Å². The highest BCUT2D eigenvalue weighted by Crippen LogP contribution is 2.23. The highest BCUT2D eigenvalue weighted by molar-refractivity contribution is 5.95. The number of amides is 1. The summed E-state index contributed by atoms with van der Waals surface area (Å²) in [7, 11) is 0. The number of nitrogens with zero attached hydrogens (tertiary/aromatic N) is 2. The van der Waals surface area contributed by atoms with Crippen molar-refractivity contribution in [3.63, 3.8) is 0 Å². The van der Waals surface area contributed by atoms with Gasteiger partial charge in [-0.25, -0.2) is 9.07 Å². The number of carbonyl (C=O) groups excluding carboxylic acids is 1. The van der Waals surface area contributed by atoms with E-state index in [9.17, 15) is 14.0 Å². The maximum absolute atomic E-state index is 13.1. The molecule has 0 spiro atoms. The number of rotatable bonds is 9. The number of nitrogens with one attached hydrogen (secondary N) is 1. The van der Waals surface area contributed by atoms with Gasteiger partial charge in [0.1, 0.15) is 5.82 Å². The number of carbonyl (C=O) groups is 2. The molecule has 140 valence electrons. The van der Waals surface area contributed by atoms with Crippen LogP contribution in [-0.4, -0.2) is 33.3 Å². The molecule has 26 heavy (non-hydrogen) atoms. The minimum atomic E-state index is -0.802. The van der Waals surface area contributed by atoms with Crippen LogP contribution in [0.2, 0.25) is 0 Å². The molecule has 0 aliphatic rings. The zero-order chi connectivity index (χ0) is 19.1. The molecule has 6 nitrogen and oxygen atoms in total. The first kappa shape index (κ1) is 19.6. The normalized spacial score (nSPS) is 10.9. The van der Waals surface area contributed by atoms with Gasteiger partial charge in [0.05, 0.1) is 23.1 Å². The summed E-state index contributed by atoms with van der Waals surface area (Å²) in [5, 5.41) is 15.8. The number of halogens is 1. The number of hydrogen-bond acceptors (Lipinski definition) is 3. The van der Waals surface area contributed by atoms with Gasteiger partial charge in [0.15, 0.2) is 0 Å². The van der Waals surface area contributed by atoms with Crippen molar-refractivity contribution in [3.8, 4) is 5.69 Å². The Labute approximate surface area is 152 Å². The third kappa shape index (κ3) is 5.15. The summed E-state index contributed by atoms with van der Waals surface area (Å²) in [4.78, 5) is 23.0. The first-order chi connectivity index (χ1) is 12.4. The topological polar surface area (TPSA) is 84.2 Å². The lowest BCUT2D eigenvalue weighted by atomic mass is 10.0. The van der Waals surface area contributed by atoms with Crippen molar-refractivity contribution in [3.05, 3.63) is 47.5 Å². The van der Waals surface area contributed by atoms with Gasteiger partial charge >= 0.3 is 5.97 Å². The number of hydrogen-bond donors (Lipinski definition) is 2. The van der Waals surface area contributed by atoms with Crippen molar-refractivity contribution >= 4 is 11.9 Å². The van der Waals surface area contributed by atoms with E-state index < -0.39 is 5.97 Å². The molecule has 2 N–H and O–H groups in total. The van der Waals surface area contributed by atoms with Crippen molar-refractivity contribution in [2.45, 2.75) is 45.4 Å². The van der Waals surface area contributed by atoms with Crippen LogP contribution in [0.4, 0.5) is 4.39 Å². The summed E-state index contributed by atoms with van der Waals surface area (Å²) in [6.45, 7) is 4.43. The standard InChI is InChI=1S/C19H24FN3O3/c1-13(2)18-16(19(26)21-11-5-3-4-6-17(24)25)12-22-23(18)15-9-7-14(20)8-10-15/h7-10,12-13H,3-6,11H2,1-2H3,(H,21,26)(H,24,25). The molecular formula is C19H24FN3O3. The van der Waals surface area contributed by atoms with Gasteiger partial charge in [0.25, 0.3) is 5.91 Å². The number of unbranched alkanes of at least 4 members (excludes halogenated alkanes) is 2. The maximum atomic E-state index is 13.1. The molecule has 2 rings (SSSR count). The van der Waals surface area contributed by atoms with Gasteiger partial charge in [-0.2, -0.15) is 5.10 Å². The molecular weight excluding hydrogens is 337 g/mol. The van der Waals surface area contributed by atoms with E-state index in [1.807, 2.05) is 13.8 Å². The summed E-state index contributed by atoms with van der Waals surface area (Å²) in [6, 6.07) is 5.96. The number of carboxylic acid groups (broad SMARTS) is 1. The fraction of sp³-hybridized carbons (Fsp3) is 0.421. The molecule has 0 saturated heterocycles. The van der Waals surface area contributed by atoms with Crippen molar-refractivity contribution < 1.29 is 19.1 Å². The van der Waals surface area contributed by atoms with Crippen molar-refractivity contribution in [1.82, 2.24) is 15.1 Å². The molecule has 0 aliphatic heterocycles. The average molecular weight is 361 g/mol. The maximum Gasteiger partial charge on any atom is 0.303 e. The van der Waals surface area contributed by atoms with E-state index >= 15 is 0 Å². The second-order valence-electron chi connectivity index (χ2n) is 6.45. The molecule has 0 fully saturated rings. The Hall–Kier alpha value is -2.70. The van der Waals surface area contributed by atoms with E-state index in [4.69, 9.17) is 5.11 Å². The molecule has 0 unspecified atom stereocenters. The fourth-order valence-electron chi connectivity index (χ4n) is 2.75. The molecule has 2 aromatic rings. The van der Waals surface area contributed by atoms with Crippen LogP contribution in [0.1, 0.15) is 61.5 Å². The van der Waals surface area contributed by atoms with Gasteiger partial charge in [-0.15, -0.1) is 0 Å². The van der Waals surface area contributed by atoms with E-state index in [2.05, 4.69) is 10.4 Å².